The molecule has 0 aliphatic carbocycles. The zero-order valence-corrected chi connectivity index (χ0v) is 9.29. The van der Waals surface area contributed by atoms with E-state index in [2.05, 4.69) is 0 Å². The van der Waals surface area contributed by atoms with Crippen molar-refractivity contribution in [3.8, 4) is 0 Å². The minimum absolute atomic E-state index is 0.00625. The Morgan fingerprint density at radius 1 is 1.27 bits per heavy atom. The van der Waals surface area contributed by atoms with Gasteiger partial charge in [0.1, 0.15) is 0 Å². The molecular weight excluding hydrogens is 218 g/mol. The highest BCUT2D eigenvalue weighted by Gasteiger charge is 2.15. The third-order valence-corrected chi connectivity index (χ3v) is 2.93. The van der Waals surface area contributed by atoms with E-state index in [9.17, 15) is 9.59 Å². The molecule has 1 heterocycles. The van der Waals surface area contributed by atoms with E-state index >= 15 is 0 Å². The average Bonchev–Trinajstić information content (AvgIpc) is 2.44. The zero-order chi connectivity index (χ0) is 11.1. The number of hydrogen-bond acceptors (Lipinski definition) is 4. The Balaban J connectivity index is 2.22. The van der Waals surface area contributed by atoms with Crippen LogP contribution in [-0.4, -0.2) is 59.7 Å². The van der Waals surface area contributed by atoms with Gasteiger partial charge in [-0.05, 0) is 6.42 Å². The molecule has 0 unspecified atom stereocenters. The summed E-state index contributed by atoms with van der Waals surface area (Å²) in [5.74, 6) is -0.652. The van der Waals surface area contributed by atoms with Crippen molar-refractivity contribution in [2.24, 2.45) is 0 Å². The van der Waals surface area contributed by atoms with Crippen LogP contribution in [0.1, 0.15) is 6.42 Å². The normalized spacial score (nSPS) is 17.2. The van der Waals surface area contributed by atoms with Gasteiger partial charge in [-0.15, -0.1) is 11.8 Å². The Kier molecular flexibility index (Phi) is 5.49. The lowest BCUT2D eigenvalue weighted by molar-refractivity contribution is -0.133. The van der Waals surface area contributed by atoms with Crippen molar-refractivity contribution in [3.63, 3.8) is 0 Å². The van der Waals surface area contributed by atoms with Gasteiger partial charge in [0, 0.05) is 19.7 Å². The highest BCUT2D eigenvalue weighted by atomic mass is 32.2. The Bertz CT molecular complexity index is 226. The number of carbonyl (C=O) groups is 2. The predicted octanol–water partition coefficient (Wildman–Crippen LogP) is 0.0531. The molecule has 1 N–H and O–H groups in total. The van der Waals surface area contributed by atoms with Crippen LogP contribution < -0.4 is 0 Å². The molecule has 15 heavy (non-hydrogen) atoms. The second kappa shape index (κ2) is 6.68. The molecule has 5 nitrogen and oxygen atoms in total. The van der Waals surface area contributed by atoms with Crippen molar-refractivity contribution in [1.29, 1.82) is 0 Å². The largest absolute Gasteiger partial charge is 0.481 e. The SMILES string of the molecule is O=C(O)CSCC(=O)N1CCCOCC1. The van der Waals surface area contributed by atoms with Crippen molar-refractivity contribution < 1.29 is 19.4 Å². The monoisotopic (exact) mass is 233 g/mol. The van der Waals surface area contributed by atoms with Gasteiger partial charge >= 0.3 is 5.97 Å². The maximum Gasteiger partial charge on any atom is 0.313 e. The van der Waals surface area contributed by atoms with Crippen LogP contribution in [0.3, 0.4) is 0 Å². The number of carboxylic acid groups (broad SMARTS) is 1. The molecule has 0 aromatic carbocycles. The topological polar surface area (TPSA) is 66.8 Å². The standard InChI is InChI=1S/C9H15NO4S/c11-8(6-15-7-9(12)13)10-2-1-4-14-5-3-10/h1-7H2,(H,12,13). The molecule has 0 bridgehead atoms. The third kappa shape index (κ3) is 5.03. The van der Waals surface area contributed by atoms with E-state index in [4.69, 9.17) is 9.84 Å². The molecule has 1 aliphatic rings. The molecule has 0 atom stereocenters. The van der Waals surface area contributed by atoms with Crippen molar-refractivity contribution in [3.05, 3.63) is 0 Å². The average molecular weight is 233 g/mol. The van der Waals surface area contributed by atoms with Gasteiger partial charge in [0.2, 0.25) is 5.91 Å². The Morgan fingerprint density at radius 2 is 2.07 bits per heavy atom. The van der Waals surface area contributed by atoms with Crippen LogP contribution >= 0.6 is 11.8 Å². The van der Waals surface area contributed by atoms with Gasteiger partial charge in [0.25, 0.3) is 0 Å². The number of rotatable bonds is 4. The lowest BCUT2D eigenvalue weighted by Gasteiger charge is -2.18. The van der Waals surface area contributed by atoms with Crippen LogP contribution in [0.4, 0.5) is 0 Å². The number of aliphatic carboxylic acids is 1. The molecular formula is C9H15NO4S. The molecule has 6 heteroatoms. The molecule has 0 aromatic rings. The number of carbonyl (C=O) groups excluding carboxylic acids is 1. The third-order valence-electron chi connectivity index (χ3n) is 2.03. The molecule has 0 aromatic heterocycles. The Labute approximate surface area is 92.8 Å². The summed E-state index contributed by atoms with van der Waals surface area (Å²) in [6.45, 7) is 2.61. The van der Waals surface area contributed by atoms with Gasteiger partial charge in [0.15, 0.2) is 0 Å². The van der Waals surface area contributed by atoms with E-state index in [0.29, 0.717) is 26.3 Å². The second-order valence-corrected chi connectivity index (χ2v) is 4.22. The van der Waals surface area contributed by atoms with Crippen LogP contribution in [0, 0.1) is 0 Å². The molecule has 0 saturated carbocycles. The molecule has 1 amide bonds. The highest BCUT2D eigenvalue weighted by Crippen LogP contribution is 2.05. The Morgan fingerprint density at radius 3 is 2.80 bits per heavy atom. The number of hydrogen-bond donors (Lipinski definition) is 1. The summed E-state index contributed by atoms with van der Waals surface area (Å²) >= 11 is 1.14. The van der Waals surface area contributed by atoms with E-state index < -0.39 is 5.97 Å². The second-order valence-electron chi connectivity index (χ2n) is 3.23. The summed E-state index contributed by atoms with van der Waals surface area (Å²) in [6.07, 6.45) is 0.856. The van der Waals surface area contributed by atoms with E-state index in [1.807, 2.05) is 0 Å². The van der Waals surface area contributed by atoms with E-state index in [1.165, 1.54) is 0 Å². The van der Waals surface area contributed by atoms with Crippen LogP contribution in [0.15, 0.2) is 0 Å². The lowest BCUT2D eigenvalue weighted by atomic mass is 10.4. The van der Waals surface area contributed by atoms with Gasteiger partial charge in [0.05, 0.1) is 18.1 Å². The van der Waals surface area contributed by atoms with Crippen LogP contribution in [-0.2, 0) is 14.3 Å². The van der Waals surface area contributed by atoms with Gasteiger partial charge in [-0.1, -0.05) is 0 Å². The molecule has 1 fully saturated rings. The first-order valence-electron chi connectivity index (χ1n) is 4.85. The fourth-order valence-electron chi connectivity index (χ4n) is 1.31. The summed E-state index contributed by atoms with van der Waals surface area (Å²) in [4.78, 5) is 23.6. The predicted molar refractivity (Wildman–Crippen MR) is 57.0 cm³/mol. The quantitative estimate of drug-likeness (QED) is 0.743. The maximum atomic E-state index is 11.6. The summed E-state index contributed by atoms with van der Waals surface area (Å²) in [5.41, 5.74) is 0. The maximum absolute atomic E-state index is 11.6. The first-order valence-corrected chi connectivity index (χ1v) is 6.00. The van der Waals surface area contributed by atoms with Crippen molar-refractivity contribution in [2.75, 3.05) is 37.8 Å². The van der Waals surface area contributed by atoms with E-state index in [1.54, 1.807) is 4.90 Å². The first-order chi connectivity index (χ1) is 7.20. The van der Waals surface area contributed by atoms with E-state index in [-0.39, 0.29) is 17.4 Å². The molecule has 1 rings (SSSR count). The number of carboxylic acids is 1. The highest BCUT2D eigenvalue weighted by molar-refractivity contribution is 8.00. The number of amides is 1. The minimum atomic E-state index is -0.882. The first kappa shape index (κ1) is 12.3. The van der Waals surface area contributed by atoms with Crippen LogP contribution in [0.2, 0.25) is 0 Å². The van der Waals surface area contributed by atoms with Crippen LogP contribution in [0.5, 0.6) is 0 Å². The molecule has 86 valence electrons. The lowest BCUT2D eigenvalue weighted by Crippen LogP contribution is -2.34. The molecule has 0 radical (unpaired) electrons. The zero-order valence-electron chi connectivity index (χ0n) is 8.48. The van der Waals surface area contributed by atoms with Gasteiger partial charge in [-0.3, -0.25) is 9.59 Å². The van der Waals surface area contributed by atoms with Crippen molar-refractivity contribution >= 4 is 23.6 Å². The van der Waals surface area contributed by atoms with Crippen LogP contribution in [0.25, 0.3) is 0 Å². The fraction of sp³-hybridized carbons (Fsp3) is 0.778. The van der Waals surface area contributed by atoms with Gasteiger partial charge < -0.3 is 14.7 Å². The van der Waals surface area contributed by atoms with Crippen molar-refractivity contribution in [2.45, 2.75) is 6.42 Å². The minimum Gasteiger partial charge on any atom is -0.481 e. The fourth-order valence-corrected chi connectivity index (χ4v) is 1.95. The summed E-state index contributed by atoms with van der Waals surface area (Å²) in [6, 6.07) is 0. The van der Waals surface area contributed by atoms with E-state index in [0.717, 1.165) is 18.2 Å². The van der Waals surface area contributed by atoms with Crippen molar-refractivity contribution in [1.82, 2.24) is 4.90 Å². The molecule has 0 spiro atoms. The summed E-state index contributed by atoms with van der Waals surface area (Å²) in [5, 5.41) is 8.42. The summed E-state index contributed by atoms with van der Waals surface area (Å²) in [7, 11) is 0. The molecule has 1 saturated heterocycles. The number of nitrogens with zero attached hydrogens (tertiary/aromatic N) is 1. The Hall–Kier alpha value is -0.750. The summed E-state index contributed by atoms with van der Waals surface area (Å²) < 4.78 is 5.22. The number of ether oxygens (including phenoxy) is 1. The molecule has 1 aliphatic heterocycles. The number of thioether (sulfide) groups is 1. The van der Waals surface area contributed by atoms with Gasteiger partial charge in [-0.2, -0.15) is 0 Å². The van der Waals surface area contributed by atoms with Gasteiger partial charge in [-0.25, -0.2) is 0 Å². The smallest absolute Gasteiger partial charge is 0.313 e.